The van der Waals surface area contributed by atoms with Crippen LogP contribution in [-0.4, -0.2) is 41.3 Å². The quantitative estimate of drug-likeness (QED) is 0.684. The van der Waals surface area contributed by atoms with Crippen LogP contribution in [0.2, 0.25) is 0 Å². The second kappa shape index (κ2) is 3.62. The van der Waals surface area contributed by atoms with Crippen LogP contribution in [0, 0.1) is 0 Å². The van der Waals surface area contributed by atoms with Crippen molar-refractivity contribution < 1.29 is 9.53 Å². The molecule has 92 valence electrons. The average molecular weight is 226 g/mol. The lowest BCUT2D eigenvalue weighted by molar-refractivity contribution is 0.0145. The van der Waals surface area contributed by atoms with E-state index in [1.54, 1.807) is 0 Å². The van der Waals surface area contributed by atoms with Crippen LogP contribution in [0.4, 0.5) is 4.79 Å². The molecule has 0 bridgehead atoms. The van der Waals surface area contributed by atoms with Crippen LogP contribution in [0.5, 0.6) is 0 Å². The lowest BCUT2D eigenvalue weighted by Gasteiger charge is -2.38. The summed E-state index contributed by atoms with van der Waals surface area (Å²) in [6.45, 7) is 9.38. The third-order valence-electron chi connectivity index (χ3n) is 3.05. The molecule has 1 saturated carbocycles. The molecule has 1 heterocycles. The Balaban J connectivity index is 1.96. The maximum Gasteiger partial charge on any atom is 0.410 e. The molecule has 1 N–H and O–H groups in total. The molecule has 1 aliphatic heterocycles. The predicted octanol–water partition coefficient (Wildman–Crippen LogP) is 1.75. The number of carbonyl (C=O) groups is 1. The van der Waals surface area contributed by atoms with Gasteiger partial charge < -0.3 is 15.0 Å². The fraction of sp³-hybridized carbons (Fsp3) is 0.917. The van der Waals surface area contributed by atoms with E-state index in [0.717, 1.165) is 13.1 Å². The highest BCUT2D eigenvalue weighted by Gasteiger charge is 2.48. The number of rotatable bonds is 0. The largest absolute Gasteiger partial charge is 0.444 e. The summed E-state index contributed by atoms with van der Waals surface area (Å²) in [5.41, 5.74) is -0.198. The molecule has 4 heteroatoms. The van der Waals surface area contributed by atoms with E-state index in [0.29, 0.717) is 6.04 Å². The number of carbonyl (C=O) groups excluding carboxylic acids is 1. The molecule has 1 saturated heterocycles. The average Bonchev–Trinajstić information content (AvgIpc) is 2.80. The lowest BCUT2D eigenvalue weighted by atomic mass is 10.1. The third kappa shape index (κ3) is 2.67. The van der Waals surface area contributed by atoms with Gasteiger partial charge in [0.05, 0.1) is 0 Å². The van der Waals surface area contributed by atoms with Gasteiger partial charge in [0, 0.05) is 24.7 Å². The van der Waals surface area contributed by atoms with Gasteiger partial charge in [-0.25, -0.2) is 4.79 Å². The standard InChI is InChI=1S/C12H22N2O2/c1-9-7-14(8-12(13-9)5-6-12)10(15)16-11(2,3)4/h9,13H,5-8H2,1-4H3/t9-/m1/s1. The number of nitrogens with zero attached hydrogens (tertiary/aromatic N) is 1. The Morgan fingerprint density at radius 1 is 1.44 bits per heavy atom. The van der Waals surface area contributed by atoms with Crippen molar-refractivity contribution in [1.82, 2.24) is 10.2 Å². The Labute approximate surface area is 97.3 Å². The fourth-order valence-electron chi connectivity index (χ4n) is 2.29. The molecule has 0 aromatic carbocycles. The van der Waals surface area contributed by atoms with Crippen LogP contribution in [-0.2, 0) is 4.74 Å². The third-order valence-corrected chi connectivity index (χ3v) is 3.05. The van der Waals surface area contributed by atoms with Gasteiger partial charge in [0.2, 0.25) is 0 Å². The van der Waals surface area contributed by atoms with Crippen molar-refractivity contribution in [3.8, 4) is 0 Å². The van der Waals surface area contributed by atoms with Crippen molar-refractivity contribution in [2.75, 3.05) is 13.1 Å². The van der Waals surface area contributed by atoms with E-state index in [4.69, 9.17) is 4.74 Å². The fourth-order valence-corrected chi connectivity index (χ4v) is 2.29. The Kier molecular flexibility index (Phi) is 2.65. The normalized spacial score (nSPS) is 28.0. The van der Waals surface area contributed by atoms with Crippen molar-refractivity contribution in [3.05, 3.63) is 0 Å². The van der Waals surface area contributed by atoms with Gasteiger partial charge in [-0.1, -0.05) is 0 Å². The molecule has 0 aromatic rings. The van der Waals surface area contributed by atoms with E-state index in [9.17, 15) is 4.79 Å². The second-order valence-electron chi connectivity index (χ2n) is 6.19. The number of hydrogen-bond acceptors (Lipinski definition) is 3. The summed E-state index contributed by atoms with van der Waals surface area (Å²) < 4.78 is 5.41. The van der Waals surface area contributed by atoms with Gasteiger partial charge in [-0.05, 0) is 40.5 Å². The van der Waals surface area contributed by atoms with Crippen LogP contribution in [0.3, 0.4) is 0 Å². The highest BCUT2D eigenvalue weighted by Crippen LogP contribution is 2.38. The topological polar surface area (TPSA) is 41.6 Å². The molecule has 2 aliphatic rings. The van der Waals surface area contributed by atoms with Gasteiger partial charge in [0.1, 0.15) is 5.60 Å². The van der Waals surface area contributed by atoms with Crippen molar-refractivity contribution in [2.24, 2.45) is 0 Å². The molecule has 1 aliphatic carbocycles. The van der Waals surface area contributed by atoms with E-state index in [2.05, 4.69) is 12.2 Å². The molecule has 1 amide bonds. The van der Waals surface area contributed by atoms with Crippen LogP contribution in [0.1, 0.15) is 40.5 Å². The zero-order valence-corrected chi connectivity index (χ0v) is 10.7. The Hall–Kier alpha value is -0.770. The minimum atomic E-state index is -0.401. The molecule has 0 radical (unpaired) electrons. The van der Waals surface area contributed by atoms with Crippen molar-refractivity contribution in [2.45, 2.75) is 57.7 Å². The first kappa shape index (κ1) is 11.7. The van der Waals surface area contributed by atoms with E-state index < -0.39 is 5.60 Å². The second-order valence-corrected chi connectivity index (χ2v) is 6.19. The molecular formula is C12H22N2O2. The summed E-state index contributed by atoms with van der Waals surface area (Å²) in [4.78, 5) is 13.8. The molecule has 2 fully saturated rings. The number of amides is 1. The van der Waals surface area contributed by atoms with Crippen LogP contribution in [0.25, 0.3) is 0 Å². The maximum atomic E-state index is 12.0. The van der Waals surface area contributed by atoms with Crippen LogP contribution >= 0.6 is 0 Å². The molecule has 0 aromatic heterocycles. The first-order chi connectivity index (χ1) is 7.30. The Morgan fingerprint density at radius 3 is 2.56 bits per heavy atom. The lowest BCUT2D eigenvalue weighted by Crippen LogP contribution is -2.59. The Bertz CT molecular complexity index is 292. The van der Waals surface area contributed by atoms with E-state index >= 15 is 0 Å². The molecule has 1 atom stereocenters. The van der Waals surface area contributed by atoms with Gasteiger partial charge in [0.15, 0.2) is 0 Å². The van der Waals surface area contributed by atoms with Crippen molar-refractivity contribution in [1.29, 1.82) is 0 Å². The molecule has 1 spiro atoms. The van der Waals surface area contributed by atoms with Crippen LogP contribution < -0.4 is 5.32 Å². The van der Waals surface area contributed by atoms with E-state index in [1.807, 2.05) is 25.7 Å². The number of ether oxygens (including phenoxy) is 1. The van der Waals surface area contributed by atoms with E-state index in [1.165, 1.54) is 12.8 Å². The zero-order valence-electron chi connectivity index (χ0n) is 10.7. The predicted molar refractivity (Wildman–Crippen MR) is 62.4 cm³/mol. The summed E-state index contributed by atoms with van der Waals surface area (Å²) in [5.74, 6) is 0. The molecule has 4 nitrogen and oxygen atoms in total. The summed E-state index contributed by atoms with van der Waals surface area (Å²) in [6, 6.07) is 0.365. The number of nitrogens with one attached hydrogen (secondary N) is 1. The monoisotopic (exact) mass is 226 g/mol. The summed E-state index contributed by atoms with van der Waals surface area (Å²) in [6.07, 6.45) is 2.18. The number of hydrogen-bond donors (Lipinski definition) is 1. The number of piperazine rings is 1. The van der Waals surface area contributed by atoms with Gasteiger partial charge in [-0.2, -0.15) is 0 Å². The van der Waals surface area contributed by atoms with E-state index in [-0.39, 0.29) is 11.6 Å². The first-order valence-electron chi connectivity index (χ1n) is 6.05. The van der Waals surface area contributed by atoms with Gasteiger partial charge in [0.25, 0.3) is 0 Å². The summed E-state index contributed by atoms with van der Waals surface area (Å²) in [7, 11) is 0. The van der Waals surface area contributed by atoms with Gasteiger partial charge in [-0.3, -0.25) is 0 Å². The van der Waals surface area contributed by atoms with Crippen molar-refractivity contribution >= 4 is 6.09 Å². The Morgan fingerprint density at radius 2 is 2.06 bits per heavy atom. The zero-order chi connectivity index (χ0) is 12.0. The molecule has 0 unspecified atom stereocenters. The smallest absolute Gasteiger partial charge is 0.410 e. The first-order valence-corrected chi connectivity index (χ1v) is 6.05. The minimum absolute atomic E-state index is 0.174. The van der Waals surface area contributed by atoms with Gasteiger partial charge >= 0.3 is 6.09 Å². The van der Waals surface area contributed by atoms with Crippen molar-refractivity contribution in [3.63, 3.8) is 0 Å². The van der Waals surface area contributed by atoms with Gasteiger partial charge in [-0.15, -0.1) is 0 Å². The summed E-state index contributed by atoms with van der Waals surface area (Å²) in [5, 5.41) is 3.56. The SMILES string of the molecule is C[C@@H]1CN(C(=O)OC(C)(C)C)CC2(CC2)N1. The van der Waals surface area contributed by atoms with Crippen LogP contribution in [0.15, 0.2) is 0 Å². The molecular weight excluding hydrogens is 204 g/mol. The molecule has 16 heavy (non-hydrogen) atoms. The minimum Gasteiger partial charge on any atom is -0.444 e. The highest BCUT2D eigenvalue weighted by atomic mass is 16.6. The molecule has 2 rings (SSSR count). The highest BCUT2D eigenvalue weighted by molar-refractivity contribution is 5.68. The maximum absolute atomic E-state index is 12.0. The summed E-state index contributed by atoms with van der Waals surface area (Å²) >= 11 is 0.